The van der Waals surface area contributed by atoms with Gasteiger partial charge in [-0.15, -0.1) is 0 Å². The van der Waals surface area contributed by atoms with Crippen molar-refractivity contribution >= 4 is 23.0 Å². The highest BCUT2D eigenvalue weighted by Crippen LogP contribution is 2.33. The molecule has 0 unspecified atom stereocenters. The Kier molecular flexibility index (Phi) is 6.79. The fraction of sp³-hybridized carbons (Fsp3) is 0.273. The normalized spacial score (nSPS) is 11.6. The van der Waals surface area contributed by atoms with E-state index in [-0.39, 0.29) is 13.0 Å². The van der Waals surface area contributed by atoms with E-state index in [9.17, 15) is 9.59 Å². The number of esters is 1. The SMILES string of the molecule is COC(=O)[C@@H](Cc1c[nH]c2cc(OC)c(OC)cc12)NC(=O)OCc1ccccc1. The van der Waals surface area contributed by atoms with Crippen LogP contribution >= 0.6 is 0 Å². The number of benzene rings is 2. The van der Waals surface area contributed by atoms with Crippen LogP contribution in [-0.2, 0) is 27.3 Å². The number of aromatic nitrogens is 1. The van der Waals surface area contributed by atoms with Crippen molar-refractivity contribution in [1.29, 1.82) is 0 Å². The van der Waals surface area contributed by atoms with Crippen LogP contribution in [0.2, 0.25) is 0 Å². The van der Waals surface area contributed by atoms with Crippen LogP contribution in [0.4, 0.5) is 4.79 Å². The summed E-state index contributed by atoms with van der Waals surface area (Å²) in [6, 6.07) is 12.0. The highest BCUT2D eigenvalue weighted by Gasteiger charge is 2.24. The van der Waals surface area contributed by atoms with Gasteiger partial charge in [-0.1, -0.05) is 30.3 Å². The summed E-state index contributed by atoms with van der Waals surface area (Å²) in [7, 11) is 4.39. The zero-order valence-corrected chi connectivity index (χ0v) is 17.1. The Bertz CT molecular complexity index is 1020. The van der Waals surface area contributed by atoms with E-state index in [0.29, 0.717) is 11.5 Å². The fourth-order valence-corrected chi connectivity index (χ4v) is 3.14. The molecule has 0 aliphatic heterocycles. The van der Waals surface area contributed by atoms with Gasteiger partial charge in [0.05, 0.1) is 21.3 Å². The highest BCUT2D eigenvalue weighted by atomic mass is 16.6. The summed E-state index contributed by atoms with van der Waals surface area (Å²) in [5, 5.41) is 3.43. The molecule has 0 aliphatic carbocycles. The van der Waals surface area contributed by atoms with E-state index in [1.54, 1.807) is 20.4 Å². The number of H-pyrrole nitrogens is 1. The number of rotatable bonds is 8. The van der Waals surface area contributed by atoms with Gasteiger partial charge in [0.15, 0.2) is 11.5 Å². The first-order valence-electron chi connectivity index (χ1n) is 9.32. The molecule has 3 aromatic rings. The molecule has 0 radical (unpaired) electrons. The number of ether oxygens (including phenoxy) is 4. The largest absolute Gasteiger partial charge is 0.493 e. The monoisotopic (exact) mass is 412 g/mol. The van der Waals surface area contributed by atoms with E-state index in [4.69, 9.17) is 18.9 Å². The molecule has 1 heterocycles. The lowest BCUT2D eigenvalue weighted by atomic mass is 10.0. The van der Waals surface area contributed by atoms with Gasteiger partial charge in [0.1, 0.15) is 12.6 Å². The maximum Gasteiger partial charge on any atom is 0.408 e. The van der Waals surface area contributed by atoms with Gasteiger partial charge in [-0.05, 0) is 17.2 Å². The van der Waals surface area contributed by atoms with Crippen LogP contribution in [0.3, 0.4) is 0 Å². The molecule has 2 aromatic carbocycles. The van der Waals surface area contributed by atoms with E-state index in [1.165, 1.54) is 7.11 Å². The molecular weight excluding hydrogens is 388 g/mol. The lowest BCUT2D eigenvalue weighted by Gasteiger charge is -2.16. The van der Waals surface area contributed by atoms with E-state index < -0.39 is 18.1 Å². The topological polar surface area (TPSA) is 98.9 Å². The summed E-state index contributed by atoms with van der Waals surface area (Å²) in [5.74, 6) is 0.586. The number of hydrogen-bond acceptors (Lipinski definition) is 6. The van der Waals surface area contributed by atoms with Crippen LogP contribution < -0.4 is 14.8 Å². The molecule has 1 amide bonds. The standard InChI is InChI=1S/C22H24N2O6/c1-27-19-10-16-15(12-23-17(16)11-20(19)28-2)9-18(21(25)29-3)24-22(26)30-13-14-7-5-4-6-8-14/h4-8,10-12,18,23H,9,13H2,1-3H3,(H,24,26)/t18-/m1/s1. The number of amides is 1. The second-order valence-electron chi connectivity index (χ2n) is 6.55. The van der Waals surface area contributed by atoms with Gasteiger partial charge >= 0.3 is 12.1 Å². The Labute approximate surface area is 174 Å². The number of carbonyl (C=O) groups is 2. The van der Waals surface area contributed by atoms with Crippen molar-refractivity contribution in [2.45, 2.75) is 19.1 Å². The molecule has 0 saturated carbocycles. The molecule has 1 atom stereocenters. The van der Waals surface area contributed by atoms with Crippen LogP contribution in [0.5, 0.6) is 11.5 Å². The van der Waals surface area contributed by atoms with E-state index in [1.807, 2.05) is 42.5 Å². The Morgan fingerprint density at radius 3 is 2.40 bits per heavy atom. The van der Waals surface area contributed by atoms with Gasteiger partial charge < -0.3 is 29.2 Å². The number of hydrogen-bond donors (Lipinski definition) is 2. The minimum Gasteiger partial charge on any atom is -0.493 e. The molecule has 3 rings (SSSR count). The van der Waals surface area contributed by atoms with Crippen molar-refractivity contribution in [2.24, 2.45) is 0 Å². The van der Waals surface area contributed by atoms with Crippen molar-refractivity contribution in [3.63, 3.8) is 0 Å². The van der Waals surface area contributed by atoms with E-state index in [2.05, 4.69) is 10.3 Å². The van der Waals surface area contributed by atoms with Gasteiger partial charge in [0.2, 0.25) is 0 Å². The average molecular weight is 412 g/mol. The van der Waals surface area contributed by atoms with Crippen LogP contribution in [0, 0.1) is 0 Å². The first-order valence-corrected chi connectivity index (χ1v) is 9.32. The quantitative estimate of drug-likeness (QED) is 0.552. The maximum absolute atomic E-state index is 12.3. The summed E-state index contributed by atoms with van der Waals surface area (Å²) in [4.78, 5) is 27.6. The second-order valence-corrected chi connectivity index (χ2v) is 6.55. The molecule has 158 valence electrons. The molecule has 0 fully saturated rings. The number of alkyl carbamates (subject to hydrolysis) is 1. The zero-order valence-electron chi connectivity index (χ0n) is 17.1. The summed E-state index contributed by atoms with van der Waals surface area (Å²) in [6.07, 6.45) is 1.28. The van der Waals surface area contributed by atoms with Gasteiger partial charge in [0, 0.05) is 29.6 Å². The fourth-order valence-electron chi connectivity index (χ4n) is 3.14. The van der Waals surface area contributed by atoms with Gasteiger partial charge in [-0.3, -0.25) is 0 Å². The Hall–Kier alpha value is -3.68. The predicted octanol–water partition coefficient (Wildman–Crippen LogP) is 3.20. The molecular formula is C22H24N2O6. The third-order valence-corrected chi connectivity index (χ3v) is 4.69. The predicted molar refractivity (Wildman–Crippen MR) is 111 cm³/mol. The summed E-state index contributed by atoms with van der Waals surface area (Å²) in [5.41, 5.74) is 2.47. The van der Waals surface area contributed by atoms with Gasteiger partial charge in [0.25, 0.3) is 0 Å². The number of carbonyl (C=O) groups excluding carboxylic acids is 2. The molecule has 8 heteroatoms. The second kappa shape index (κ2) is 9.69. The van der Waals surface area contributed by atoms with Crippen LogP contribution in [0.15, 0.2) is 48.7 Å². The summed E-state index contributed by atoms with van der Waals surface area (Å²) >= 11 is 0. The zero-order chi connectivity index (χ0) is 21.5. The van der Waals surface area contributed by atoms with Crippen LogP contribution in [0.25, 0.3) is 10.9 Å². The lowest BCUT2D eigenvalue weighted by Crippen LogP contribution is -2.43. The van der Waals surface area contributed by atoms with Crippen LogP contribution in [-0.4, -0.2) is 44.4 Å². The maximum atomic E-state index is 12.3. The third-order valence-electron chi connectivity index (χ3n) is 4.69. The minimum atomic E-state index is -0.912. The van der Waals surface area contributed by atoms with E-state index >= 15 is 0 Å². The van der Waals surface area contributed by atoms with E-state index in [0.717, 1.165) is 22.0 Å². The average Bonchev–Trinajstić information content (AvgIpc) is 3.17. The number of aromatic amines is 1. The number of fused-ring (bicyclic) bond motifs is 1. The van der Waals surface area contributed by atoms with Gasteiger partial charge in [-0.25, -0.2) is 9.59 Å². The first-order chi connectivity index (χ1) is 14.5. The number of methoxy groups -OCH3 is 3. The minimum absolute atomic E-state index is 0.102. The Morgan fingerprint density at radius 1 is 1.03 bits per heavy atom. The molecule has 8 nitrogen and oxygen atoms in total. The first kappa shape index (κ1) is 21.0. The van der Waals surface area contributed by atoms with Gasteiger partial charge in [-0.2, -0.15) is 0 Å². The molecule has 30 heavy (non-hydrogen) atoms. The molecule has 0 bridgehead atoms. The highest BCUT2D eigenvalue weighted by molar-refractivity contribution is 5.88. The van der Waals surface area contributed by atoms with Crippen molar-refractivity contribution in [3.8, 4) is 11.5 Å². The third kappa shape index (κ3) is 4.83. The molecule has 0 spiro atoms. The molecule has 2 N–H and O–H groups in total. The van der Waals surface area contributed by atoms with Crippen molar-refractivity contribution in [2.75, 3.05) is 21.3 Å². The smallest absolute Gasteiger partial charge is 0.408 e. The van der Waals surface area contributed by atoms with Crippen molar-refractivity contribution in [3.05, 3.63) is 59.8 Å². The molecule has 1 aromatic heterocycles. The van der Waals surface area contributed by atoms with Crippen LogP contribution in [0.1, 0.15) is 11.1 Å². The summed E-state index contributed by atoms with van der Waals surface area (Å²) < 4.78 is 20.8. The van der Waals surface area contributed by atoms with Crippen molar-refractivity contribution in [1.82, 2.24) is 10.3 Å². The molecule has 0 saturated heterocycles. The Balaban J connectivity index is 1.74. The Morgan fingerprint density at radius 2 is 1.73 bits per heavy atom. The van der Waals surface area contributed by atoms with Crippen molar-refractivity contribution < 1.29 is 28.5 Å². The molecule has 0 aliphatic rings. The number of nitrogens with one attached hydrogen (secondary N) is 2. The lowest BCUT2D eigenvalue weighted by molar-refractivity contribution is -0.142. The summed E-state index contributed by atoms with van der Waals surface area (Å²) in [6.45, 7) is 0.102.